The van der Waals surface area contributed by atoms with Gasteiger partial charge in [-0.3, -0.25) is 0 Å². The zero-order valence-corrected chi connectivity index (χ0v) is 23.4. The van der Waals surface area contributed by atoms with E-state index in [4.69, 9.17) is 4.98 Å². The summed E-state index contributed by atoms with van der Waals surface area (Å²) < 4.78 is 2.47. The maximum atomic E-state index is 4.99. The number of nitrogens with zero attached hydrogens (tertiary/aromatic N) is 3. The second-order valence-corrected chi connectivity index (χ2v) is 11.7. The summed E-state index contributed by atoms with van der Waals surface area (Å²) in [5.41, 5.74) is 8.68. The molecule has 198 valence electrons. The van der Waals surface area contributed by atoms with E-state index >= 15 is 0 Å². The monoisotopic (exact) mass is 529 g/mol. The van der Waals surface area contributed by atoms with E-state index in [9.17, 15) is 0 Å². The first-order chi connectivity index (χ1) is 20.0. The second kappa shape index (κ2) is 8.81. The molecule has 0 amide bonds. The summed E-state index contributed by atoms with van der Waals surface area (Å²) in [5.74, 6) is 0.945. The van der Waals surface area contributed by atoms with Gasteiger partial charge in [0.2, 0.25) is 0 Å². The van der Waals surface area contributed by atoms with Crippen LogP contribution in [0.15, 0.2) is 134 Å². The molecule has 3 heteroatoms. The highest BCUT2D eigenvalue weighted by molar-refractivity contribution is 6.12. The van der Waals surface area contributed by atoms with Crippen LogP contribution < -0.4 is 4.90 Å². The molecule has 2 aromatic heterocycles. The Kier molecular flexibility index (Phi) is 5.14. The number of hydrogen-bond acceptors (Lipinski definition) is 2. The lowest BCUT2D eigenvalue weighted by atomic mass is 9.75. The Labute approximate surface area is 240 Å². The Morgan fingerprint density at radius 1 is 0.829 bits per heavy atom. The van der Waals surface area contributed by atoms with Gasteiger partial charge in [-0.15, -0.1) is 0 Å². The van der Waals surface area contributed by atoms with Crippen molar-refractivity contribution in [2.24, 2.45) is 0 Å². The summed E-state index contributed by atoms with van der Waals surface area (Å²) in [6, 6.07) is 33.1. The molecule has 0 radical (unpaired) electrons. The van der Waals surface area contributed by atoms with E-state index in [1.165, 1.54) is 44.0 Å². The summed E-state index contributed by atoms with van der Waals surface area (Å²) >= 11 is 0. The smallest absolute Gasteiger partial charge is 0.141 e. The highest BCUT2D eigenvalue weighted by atomic mass is 15.2. The highest BCUT2D eigenvalue weighted by Crippen LogP contribution is 2.48. The standard InChI is InChI=1S/C38H31N3/c1-25-12-5-4-6-18-33(25)40(37-28-14-8-7-13-26(28)22-23-39-37)27-20-21-34-30(24-27)29-15-11-17-32-36(29)41(34)35-19-10-9-16-31(35)38(32,2)3/h4-11,13-24,33H,1,12H2,2-3H3. The van der Waals surface area contributed by atoms with Gasteiger partial charge in [0.05, 0.1) is 22.8 Å². The lowest BCUT2D eigenvalue weighted by Crippen LogP contribution is -2.31. The van der Waals surface area contributed by atoms with Crippen molar-refractivity contribution < 1.29 is 0 Å². The van der Waals surface area contributed by atoms with Crippen molar-refractivity contribution in [3.8, 4) is 5.69 Å². The summed E-state index contributed by atoms with van der Waals surface area (Å²) in [4.78, 5) is 7.36. The van der Waals surface area contributed by atoms with Crippen LogP contribution in [0.4, 0.5) is 11.5 Å². The Morgan fingerprint density at radius 2 is 1.63 bits per heavy atom. The maximum absolute atomic E-state index is 4.99. The van der Waals surface area contributed by atoms with Gasteiger partial charge in [-0.2, -0.15) is 0 Å². The van der Waals surface area contributed by atoms with Crippen LogP contribution in [-0.2, 0) is 5.41 Å². The Morgan fingerprint density at radius 3 is 2.56 bits per heavy atom. The molecule has 8 rings (SSSR count). The zero-order valence-electron chi connectivity index (χ0n) is 23.4. The third kappa shape index (κ3) is 3.42. The van der Waals surface area contributed by atoms with Crippen LogP contribution in [0, 0.1) is 0 Å². The molecule has 3 heterocycles. The van der Waals surface area contributed by atoms with Crippen LogP contribution in [-0.4, -0.2) is 15.6 Å². The molecular weight excluding hydrogens is 498 g/mol. The van der Waals surface area contributed by atoms with Gasteiger partial charge in [-0.1, -0.05) is 105 Å². The zero-order chi connectivity index (χ0) is 27.7. The summed E-state index contributed by atoms with van der Waals surface area (Å²) in [6.07, 6.45) is 11.4. The first kappa shape index (κ1) is 24.0. The predicted molar refractivity (Wildman–Crippen MR) is 173 cm³/mol. The Bertz CT molecular complexity index is 2080. The minimum atomic E-state index is -0.0852. The maximum Gasteiger partial charge on any atom is 0.141 e. The first-order valence-electron chi connectivity index (χ1n) is 14.4. The van der Waals surface area contributed by atoms with Crippen LogP contribution in [0.5, 0.6) is 0 Å². The number of para-hydroxylation sites is 2. The van der Waals surface area contributed by atoms with E-state index < -0.39 is 0 Å². The first-order valence-corrected chi connectivity index (χ1v) is 14.4. The molecule has 0 spiro atoms. The van der Waals surface area contributed by atoms with E-state index in [1.54, 1.807) is 0 Å². The van der Waals surface area contributed by atoms with Crippen molar-refractivity contribution in [2.75, 3.05) is 4.90 Å². The third-order valence-electron chi connectivity index (χ3n) is 9.04. The molecule has 2 aliphatic rings. The van der Waals surface area contributed by atoms with E-state index in [2.05, 4.69) is 145 Å². The summed E-state index contributed by atoms with van der Waals surface area (Å²) in [6.45, 7) is 9.21. The minimum Gasteiger partial charge on any atom is -0.315 e. The number of aromatic nitrogens is 2. The van der Waals surface area contributed by atoms with Crippen molar-refractivity contribution in [3.63, 3.8) is 0 Å². The van der Waals surface area contributed by atoms with Gasteiger partial charge in [0.1, 0.15) is 5.82 Å². The van der Waals surface area contributed by atoms with Crippen molar-refractivity contribution in [3.05, 3.63) is 145 Å². The number of fused-ring (bicyclic) bond motifs is 6. The average molecular weight is 530 g/mol. The molecule has 6 aromatic rings. The fourth-order valence-corrected chi connectivity index (χ4v) is 7.01. The van der Waals surface area contributed by atoms with Crippen molar-refractivity contribution in [2.45, 2.75) is 31.7 Å². The van der Waals surface area contributed by atoms with Gasteiger partial charge in [0.15, 0.2) is 0 Å². The van der Waals surface area contributed by atoms with E-state index in [1.807, 2.05) is 6.20 Å². The molecule has 1 atom stereocenters. The Balaban J connectivity index is 1.43. The fourth-order valence-electron chi connectivity index (χ4n) is 7.01. The molecule has 3 nitrogen and oxygen atoms in total. The molecule has 1 aliphatic heterocycles. The third-order valence-corrected chi connectivity index (χ3v) is 9.04. The van der Waals surface area contributed by atoms with Crippen LogP contribution in [0.3, 0.4) is 0 Å². The molecule has 0 saturated heterocycles. The Hall–Kier alpha value is -4.89. The second-order valence-electron chi connectivity index (χ2n) is 11.7. The molecule has 0 fully saturated rings. The van der Waals surface area contributed by atoms with Gasteiger partial charge in [-0.25, -0.2) is 4.98 Å². The normalized spacial score (nSPS) is 17.2. The molecular formula is C38H31N3. The number of anilines is 2. The number of benzene rings is 4. The van der Waals surface area contributed by atoms with Crippen LogP contribution in [0.25, 0.3) is 38.3 Å². The fraction of sp³-hybridized carbons (Fsp3) is 0.132. The minimum absolute atomic E-state index is 0.0278. The predicted octanol–water partition coefficient (Wildman–Crippen LogP) is 9.55. The van der Waals surface area contributed by atoms with Gasteiger partial charge in [-0.05, 0) is 58.8 Å². The number of rotatable bonds is 3. The number of hydrogen-bond donors (Lipinski definition) is 0. The lowest BCUT2D eigenvalue weighted by molar-refractivity contribution is 0.630. The highest BCUT2D eigenvalue weighted by Gasteiger charge is 2.35. The van der Waals surface area contributed by atoms with E-state index in [0.29, 0.717) is 0 Å². The average Bonchev–Trinajstić information content (AvgIpc) is 3.18. The largest absolute Gasteiger partial charge is 0.315 e. The molecule has 4 aromatic carbocycles. The molecule has 0 bridgehead atoms. The van der Waals surface area contributed by atoms with Gasteiger partial charge < -0.3 is 9.47 Å². The topological polar surface area (TPSA) is 21.1 Å². The lowest BCUT2D eigenvalue weighted by Gasteiger charge is -2.34. The van der Waals surface area contributed by atoms with Gasteiger partial charge in [0.25, 0.3) is 0 Å². The molecule has 0 N–H and O–H groups in total. The quantitative estimate of drug-likeness (QED) is 0.213. The van der Waals surface area contributed by atoms with Crippen molar-refractivity contribution in [1.82, 2.24) is 9.55 Å². The molecule has 1 unspecified atom stereocenters. The van der Waals surface area contributed by atoms with E-state index in [0.717, 1.165) is 28.9 Å². The summed E-state index contributed by atoms with van der Waals surface area (Å²) in [5, 5.41) is 4.84. The summed E-state index contributed by atoms with van der Waals surface area (Å²) in [7, 11) is 0. The van der Waals surface area contributed by atoms with E-state index in [-0.39, 0.29) is 11.5 Å². The number of pyridine rings is 1. The van der Waals surface area contributed by atoms with Gasteiger partial charge in [0, 0.05) is 33.5 Å². The molecule has 1 aliphatic carbocycles. The van der Waals surface area contributed by atoms with Crippen LogP contribution in [0.2, 0.25) is 0 Å². The number of allylic oxidation sites excluding steroid dienone is 3. The van der Waals surface area contributed by atoms with Crippen LogP contribution >= 0.6 is 0 Å². The van der Waals surface area contributed by atoms with Crippen LogP contribution in [0.1, 0.15) is 31.4 Å². The van der Waals surface area contributed by atoms with Crippen molar-refractivity contribution >= 4 is 44.1 Å². The van der Waals surface area contributed by atoms with Gasteiger partial charge >= 0.3 is 0 Å². The van der Waals surface area contributed by atoms with Crippen molar-refractivity contribution in [1.29, 1.82) is 0 Å². The molecule has 41 heavy (non-hydrogen) atoms. The SMILES string of the molecule is C=C1CC=CC=CC1N(c1ccc2c(c1)c1cccc3c1n2-c1ccccc1C3(C)C)c1nccc2ccccc12. The molecule has 0 saturated carbocycles.